The molecule has 0 spiro atoms. The predicted octanol–water partition coefficient (Wildman–Crippen LogP) is 5.77. The summed E-state index contributed by atoms with van der Waals surface area (Å²) in [5.74, 6) is 1.64. The molecule has 1 aliphatic carbocycles. The van der Waals surface area contributed by atoms with Crippen molar-refractivity contribution in [3.8, 4) is 0 Å². The van der Waals surface area contributed by atoms with E-state index in [1.165, 1.54) is 11.1 Å². The molecule has 1 aromatic carbocycles. The molecule has 4 rings (SSSR count). The molecule has 6 heteroatoms. The van der Waals surface area contributed by atoms with E-state index in [9.17, 15) is 4.39 Å². The standard InChI is InChI=1S/C27H36FN5/c1-17(2)25(24-13-20-7-8-21(28)14-23(20)18(24)3)32-19(4)31-22-15-29-26(30-16-22)33-11-9-27(5,6)10-12-33/h7-8,14-17,25,31-32H,4,9-13H2,1-3,5-6H3. The molecule has 1 fully saturated rings. The Morgan fingerprint density at radius 1 is 1.15 bits per heavy atom. The Labute approximate surface area is 197 Å². The fraction of sp³-hybridized carbons (Fsp3) is 0.481. The predicted molar refractivity (Wildman–Crippen MR) is 134 cm³/mol. The second-order valence-electron chi connectivity index (χ2n) is 10.5. The Morgan fingerprint density at radius 3 is 2.45 bits per heavy atom. The third-order valence-corrected chi connectivity index (χ3v) is 7.04. The molecule has 2 aromatic rings. The van der Waals surface area contributed by atoms with Crippen molar-refractivity contribution in [2.45, 2.75) is 59.9 Å². The average Bonchev–Trinajstić information content (AvgIpc) is 3.08. The van der Waals surface area contributed by atoms with E-state index in [4.69, 9.17) is 0 Å². The van der Waals surface area contributed by atoms with E-state index in [0.717, 1.165) is 55.1 Å². The summed E-state index contributed by atoms with van der Waals surface area (Å²) in [5.41, 5.74) is 5.84. The van der Waals surface area contributed by atoms with Crippen molar-refractivity contribution < 1.29 is 4.39 Å². The lowest BCUT2D eigenvalue weighted by Crippen LogP contribution is -2.38. The van der Waals surface area contributed by atoms with E-state index in [1.54, 1.807) is 12.1 Å². The van der Waals surface area contributed by atoms with E-state index < -0.39 is 0 Å². The lowest BCUT2D eigenvalue weighted by molar-refractivity contribution is 0.278. The summed E-state index contributed by atoms with van der Waals surface area (Å²) in [6.45, 7) is 17.3. The Morgan fingerprint density at radius 2 is 1.82 bits per heavy atom. The van der Waals surface area contributed by atoms with Gasteiger partial charge in [-0.3, -0.25) is 0 Å². The Kier molecular flexibility index (Phi) is 6.46. The van der Waals surface area contributed by atoms with Gasteiger partial charge in [-0.25, -0.2) is 14.4 Å². The van der Waals surface area contributed by atoms with Crippen molar-refractivity contribution in [2.75, 3.05) is 23.3 Å². The molecule has 1 aliphatic heterocycles. The number of benzene rings is 1. The number of nitrogens with zero attached hydrogens (tertiary/aromatic N) is 3. The molecule has 1 saturated heterocycles. The van der Waals surface area contributed by atoms with Crippen LogP contribution in [0.15, 0.2) is 48.6 Å². The van der Waals surface area contributed by atoms with Crippen molar-refractivity contribution in [2.24, 2.45) is 11.3 Å². The van der Waals surface area contributed by atoms with Gasteiger partial charge in [0.2, 0.25) is 5.95 Å². The van der Waals surface area contributed by atoms with E-state index in [1.807, 2.05) is 18.5 Å². The minimum atomic E-state index is -0.189. The van der Waals surface area contributed by atoms with Crippen molar-refractivity contribution in [3.05, 3.63) is 65.5 Å². The number of nitrogens with one attached hydrogen (secondary N) is 2. The zero-order chi connectivity index (χ0) is 23.8. The van der Waals surface area contributed by atoms with E-state index in [0.29, 0.717) is 17.2 Å². The molecular formula is C27H36FN5. The monoisotopic (exact) mass is 449 g/mol. The van der Waals surface area contributed by atoms with Crippen LogP contribution in [0.1, 0.15) is 58.6 Å². The van der Waals surface area contributed by atoms with Crippen LogP contribution in [-0.4, -0.2) is 29.1 Å². The molecule has 1 aromatic heterocycles. The summed E-state index contributed by atoms with van der Waals surface area (Å²) in [7, 11) is 0. The molecule has 2 aliphatic rings. The SMILES string of the molecule is C=C(Nc1cnc(N2CCC(C)(C)CC2)nc1)NC(C1=C(C)c2cc(F)ccc2C1)C(C)C. The summed E-state index contributed by atoms with van der Waals surface area (Å²) in [6, 6.07) is 5.18. The molecule has 1 atom stereocenters. The number of rotatable bonds is 7. The zero-order valence-corrected chi connectivity index (χ0v) is 20.5. The first-order chi connectivity index (χ1) is 15.6. The summed E-state index contributed by atoms with van der Waals surface area (Å²) < 4.78 is 13.8. The molecular weight excluding hydrogens is 413 g/mol. The highest BCUT2D eigenvalue weighted by molar-refractivity contribution is 5.76. The number of anilines is 2. The lowest BCUT2D eigenvalue weighted by Gasteiger charge is -2.36. The van der Waals surface area contributed by atoms with Gasteiger partial charge in [0.05, 0.1) is 29.9 Å². The van der Waals surface area contributed by atoms with Gasteiger partial charge in [0.25, 0.3) is 0 Å². The van der Waals surface area contributed by atoms with E-state index in [-0.39, 0.29) is 11.9 Å². The Balaban J connectivity index is 1.40. The molecule has 5 nitrogen and oxygen atoms in total. The average molecular weight is 450 g/mol. The first kappa shape index (κ1) is 23.3. The van der Waals surface area contributed by atoms with Crippen molar-refractivity contribution in [3.63, 3.8) is 0 Å². The molecule has 0 bridgehead atoms. The summed E-state index contributed by atoms with van der Waals surface area (Å²) in [5, 5.41) is 6.86. The largest absolute Gasteiger partial charge is 0.365 e. The number of fused-ring (bicyclic) bond motifs is 1. The number of aromatic nitrogens is 2. The van der Waals surface area contributed by atoms with Crippen LogP contribution in [0.25, 0.3) is 5.57 Å². The highest BCUT2D eigenvalue weighted by Crippen LogP contribution is 2.36. The fourth-order valence-electron chi connectivity index (χ4n) is 4.82. The van der Waals surface area contributed by atoms with Gasteiger partial charge in [0.15, 0.2) is 0 Å². The lowest BCUT2D eigenvalue weighted by atomic mass is 9.83. The van der Waals surface area contributed by atoms with Crippen LogP contribution in [0, 0.1) is 17.2 Å². The minimum absolute atomic E-state index is 0.0948. The van der Waals surface area contributed by atoms with Gasteiger partial charge in [0, 0.05) is 13.1 Å². The highest BCUT2D eigenvalue weighted by Gasteiger charge is 2.28. The van der Waals surface area contributed by atoms with Crippen LogP contribution < -0.4 is 15.5 Å². The topological polar surface area (TPSA) is 53.1 Å². The van der Waals surface area contributed by atoms with Gasteiger partial charge in [-0.1, -0.05) is 40.3 Å². The van der Waals surface area contributed by atoms with Crippen molar-refractivity contribution in [1.29, 1.82) is 0 Å². The quantitative estimate of drug-likeness (QED) is 0.562. The first-order valence-corrected chi connectivity index (χ1v) is 11.9. The molecule has 2 heterocycles. The smallest absolute Gasteiger partial charge is 0.225 e. The van der Waals surface area contributed by atoms with Crippen LogP contribution in [0.3, 0.4) is 0 Å². The van der Waals surface area contributed by atoms with Gasteiger partial charge in [0.1, 0.15) is 5.82 Å². The maximum atomic E-state index is 13.8. The second-order valence-corrected chi connectivity index (χ2v) is 10.5. The Hall–Kier alpha value is -2.89. The molecule has 0 saturated carbocycles. The maximum Gasteiger partial charge on any atom is 0.225 e. The van der Waals surface area contributed by atoms with Crippen LogP contribution in [0.4, 0.5) is 16.0 Å². The normalized spacial score (nSPS) is 18.3. The highest BCUT2D eigenvalue weighted by atomic mass is 19.1. The third-order valence-electron chi connectivity index (χ3n) is 7.04. The van der Waals surface area contributed by atoms with Crippen molar-refractivity contribution in [1.82, 2.24) is 15.3 Å². The molecule has 0 amide bonds. The fourth-order valence-corrected chi connectivity index (χ4v) is 4.82. The van der Waals surface area contributed by atoms with Gasteiger partial charge in [-0.05, 0) is 71.9 Å². The number of allylic oxidation sites excluding steroid dienone is 1. The van der Waals surface area contributed by atoms with E-state index >= 15 is 0 Å². The number of halogens is 1. The van der Waals surface area contributed by atoms with Gasteiger partial charge in [-0.15, -0.1) is 0 Å². The van der Waals surface area contributed by atoms with Gasteiger partial charge < -0.3 is 15.5 Å². The van der Waals surface area contributed by atoms with Gasteiger partial charge >= 0.3 is 0 Å². The molecule has 1 unspecified atom stereocenters. The van der Waals surface area contributed by atoms with E-state index in [2.05, 4.69) is 66.7 Å². The minimum Gasteiger partial charge on any atom is -0.365 e. The van der Waals surface area contributed by atoms with Crippen LogP contribution in [0.2, 0.25) is 0 Å². The number of hydrogen-bond donors (Lipinski definition) is 2. The Bertz CT molecular complexity index is 1040. The molecule has 176 valence electrons. The van der Waals surface area contributed by atoms with Crippen LogP contribution in [0.5, 0.6) is 0 Å². The third kappa shape index (κ3) is 5.21. The zero-order valence-electron chi connectivity index (χ0n) is 20.5. The first-order valence-electron chi connectivity index (χ1n) is 11.9. The summed E-state index contributed by atoms with van der Waals surface area (Å²) in [6.07, 6.45) is 6.77. The molecule has 33 heavy (non-hydrogen) atoms. The number of piperidine rings is 1. The van der Waals surface area contributed by atoms with Crippen LogP contribution in [-0.2, 0) is 6.42 Å². The summed E-state index contributed by atoms with van der Waals surface area (Å²) >= 11 is 0. The molecule has 0 radical (unpaired) electrons. The van der Waals surface area contributed by atoms with Gasteiger partial charge in [-0.2, -0.15) is 0 Å². The summed E-state index contributed by atoms with van der Waals surface area (Å²) in [4.78, 5) is 11.4. The molecule has 2 N–H and O–H groups in total. The van der Waals surface area contributed by atoms with Crippen molar-refractivity contribution >= 4 is 17.2 Å². The maximum absolute atomic E-state index is 13.8. The second kappa shape index (κ2) is 9.16. The number of hydrogen-bond acceptors (Lipinski definition) is 5. The van der Waals surface area contributed by atoms with Crippen LogP contribution >= 0.6 is 0 Å².